The molecular weight excluding hydrogens is 184 g/mol. The molecule has 2 heteroatoms. The average Bonchev–Trinajstić information content (AvgIpc) is 2.22. The lowest BCUT2D eigenvalue weighted by Gasteiger charge is -2.39. The lowest BCUT2D eigenvalue weighted by molar-refractivity contribution is 0.111. The van der Waals surface area contributed by atoms with Gasteiger partial charge in [0.2, 0.25) is 0 Å². The second-order valence-corrected chi connectivity index (χ2v) is 5.25. The maximum Gasteiger partial charge on any atom is 0.0108 e. The summed E-state index contributed by atoms with van der Waals surface area (Å²) in [5, 5.41) is 0. The summed E-state index contributed by atoms with van der Waals surface area (Å²) in [5.74, 6) is 1.81. The third kappa shape index (κ3) is 3.76. The van der Waals surface area contributed by atoms with Gasteiger partial charge in [0.25, 0.3) is 0 Å². The zero-order chi connectivity index (χ0) is 11.3. The fourth-order valence-electron chi connectivity index (χ4n) is 2.78. The fourth-order valence-corrected chi connectivity index (χ4v) is 2.78. The molecule has 0 aromatic rings. The standard InChI is InChI=1S/C13H28N2/c1-4-8-15(9-7-14)13-6-5-11(2)12(3)10-13/h11-13H,4-10,14H2,1-3H3. The minimum atomic E-state index is 0.805. The molecule has 0 heterocycles. The minimum absolute atomic E-state index is 0.805. The van der Waals surface area contributed by atoms with Gasteiger partial charge in [0.15, 0.2) is 0 Å². The average molecular weight is 212 g/mol. The summed E-state index contributed by atoms with van der Waals surface area (Å²) in [6, 6.07) is 0.805. The van der Waals surface area contributed by atoms with Crippen LogP contribution in [0.1, 0.15) is 46.5 Å². The summed E-state index contributed by atoms with van der Waals surface area (Å²) < 4.78 is 0. The van der Waals surface area contributed by atoms with Crippen molar-refractivity contribution in [1.82, 2.24) is 4.90 Å². The predicted molar refractivity (Wildman–Crippen MR) is 66.9 cm³/mol. The third-order valence-electron chi connectivity index (χ3n) is 4.01. The Kier molecular flexibility index (Phi) is 5.62. The third-order valence-corrected chi connectivity index (χ3v) is 4.01. The second-order valence-electron chi connectivity index (χ2n) is 5.25. The molecule has 2 N–H and O–H groups in total. The van der Waals surface area contributed by atoms with Crippen LogP contribution in [0.15, 0.2) is 0 Å². The van der Waals surface area contributed by atoms with Crippen LogP contribution in [0.4, 0.5) is 0 Å². The summed E-state index contributed by atoms with van der Waals surface area (Å²) in [4.78, 5) is 2.61. The molecule has 0 amide bonds. The maximum absolute atomic E-state index is 5.69. The van der Waals surface area contributed by atoms with Gasteiger partial charge in [-0.2, -0.15) is 0 Å². The lowest BCUT2D eigenvalue weighted by atomic mass is 9.78. The fraction of sp³-hybridized carbons (Fsp3) is 1.00. The zero-order valence-electron chi connectivity index (χ0n) is 10.7. The van der Waals surface area contributed by atoms with Gasteiger partial charge in [-0.05, 0) is 44.1 Å². The van der Waals surface area contributed by atoms with E-state index >= 15 is 0 Å². The Balaban J connectivity index is 2.45. The summed E-state index contributed by atoms with van der Waals surface area (Å²) >= 11 is 0. The van der Waals surface area contributed by atoms with E-state index in [2.05, 4.69) is 25.7 Å². The van der Waals surface area contributed by atoms with Gasteiger partial charge in [-0.3, -0.25) is 4.90 Å². The molecule has 0 aromatic carbocycles. The van der Waals surface area contributed by atoms with E-state index in [9.17, 15) is 0 Å². The van der Waals surface area contributed by atoms with Crippen molar-refractivity contribution < 1.29 is 0 Å². The van der Waals surface area contributed by atoms with Crippen LogP contribution in [0, 0.1) is 11.8 Å². The molecule has 0 aliphatic heterocycles. The summed E-state index contributed by atoms with van der Waals surface area (Å²) in [7, 11) is 0. The van der Waals surface area contributed by atoms with Crippen molar-refractivity contribution in [3.8, 4) is 0 Å². The van der Waals surface area contributed by atoms with Crippen molar-refractivity contribution in [3.63, 3.8) is 0 Å². The predicted octanol–water partition coefficient (Wildman–Crippen LogP) is 2.48. The van der Waals surface area contributed by atoms with Gasteiger partial charge >= 0.3 is 0 Å². The first-order valence-electron chi connectivity index (χ1n) is 6.63. The second kappa shape index (κ2) is 6.49. The molecule has 0 saturated heterocycles. The zero-order valence-corrected chi connectivity index (χ0v) is 10.7. The van der Waals surface area contributed by atoms with Gasteiger partial charge in [0.05, 0.1) is 0 Å². The molecule has 3 unspecified atom stereocenters. The number of hydrogen-bond acceptors (Lipinski definition) is 2. The van der Waals surface area contributed by atoms with Gasteiger partial charge < -0.3 is 5.73 Å². The molecular formula is C13H28N2. The van der Waals surface area contributed by atoms with Crippen molar-refractivity contribution >= 4 is 0 Å². The molecule has 15 heavy (non-hydrogen) atoms. The Hall–Kier alpha value is -0.0800. The van der Waals surface area contributed by atoms with Crippen LogP contribution in [-0.4, -0.2) is 30.6 Å². The molecule has 1 fully saturated rings. The van der Waals surface area contributed by atoms with E-state index in [1.54, 1.807) is 0 Å². The van der Waals surface area contributed by atoms with Crippen LogP contribution < -0.4 is 5.73 Å². The number of nitrogens with zero attached hydrogens (tertiary/aromatic N) is 1. The molecule has 0 spiro atoms. The van der Waals surface area contributed by atoms with Gasteiger partial charge in [-0.1, -0.05) is 20.8 Å². The van der Waals surface area contributed by atoms with E-state index in [0.29, 0.717) is 0 Å². The Bertz CT molecular complexity index is 164. The largest absolute Gasteiger partial charge is 0.329 e. The van der Waals surface area contributed by atoms with E-state index in [1.165, 1.54) is 32.2 Å². The molecule has 1 saturated carbocycles. The highest BCUT2D eigenvalue weighted by Crippen LogP contribution is 2.31. The van der Waals surface area contributed by atoms with Crippen LogP contribution in [0.2, 0.25) is 0 Å². The van der Waals surface area contributed by atoms with Crippen molar-refractivity contribution in [2.45, 2.75) is 52.5 Å². The first kappa shape index (κ1) is 13.0. The topological polar surface area (TPSA) is 29.3 Å². The number of hydrogen-bond donors (Lipinski definition) is 1. The minimum Gasteiger partial charge on any atom is -0.329 e. The Morgan fingerprint density at radius 3 is 2.40 bits per heavy atom. The van der Waals surface area contributed by atoms with Crippen LogP contribution in [-0.2, 0) is 0 Å². The summed E-state index contributed by atoms with van der Waals surface area (Å²) in [6.45, 7) is 10.2. The van der Waals surface area contributed by atoms with E-state index in [-0.39, 0.29) is 0 Å². The van der Waals surface area contributed by atoms with Crippen molar-refractivity contribution in [3.05, 3.63) is 0 Å². The molecule has 1 rings (SSSR count). The Morgan fingerprint density at radius 2 is 1.87 bits per heavy atom. The first-order chi connectivity index (χ1) is 7.19. The van der Waals surface area contributed by atoms with E-state index in [1.807, 2.05) is 0 Å². The molecule has 1 aliphatic rings. The van der Waals surface area contributed by atoms with Crippen LogP contribution in [0.3, 0.4) is 0 Å². The lowest BCUT2D eigenvalue weighted by Crippen LogP contribution is -2.43. The molecule has 2 nitrogen and oxygen atoms in total. The van der Waals surface area contributed by atoms with Crippen LogP contribution >= 0.6 is 0 Å². The SMILES string of the molecule is CCCN(CCN)C1CCC(C)C(C)C1. The van der Waals surface area contributed by atoms with Crippen molar-refractivity contribution in [2.75, 3.05) is 19.6 Å². The quantitative estimate of drug-likeness (QED) is 0.758. The summed E-state index contributed by atoms with van der Waals surface area (Å²) in [5.41, 5.74) is 5.69. The van der Waals surface area contributed by atoms with Gasteiger partial charge in [-0.25, -0.2) is 0 Å². The first-order valence-corrected chi connectivity index (χ1v) is 6.63. The molecule has 0 radical (unpaired) electrons. The number of nitrogens with two attached hydrogens (primary N) is 1. The maximum atomic E-state index is 5.69. The van der Waals surface area contributed by atoms with E-state index < -0.39 is 0 Å². The molecule has 0 bridgehead atoms. The van der Waals surface area contributed by atoms with Crippen LogP contribution in [0.5, 0.6) is 0 Å². The van der Waals surface area contributed by atoms with Gasteiger partial charge in [0, 0.05) is 19.1 Å². The summed E-state index contributed by atoms with van der Waals surface area (Å²) in [6.07, 6.45) is 5.41. The van der Waals surface area contributed by atoms with Crippen LogP contribution in [0.25, 0.3) is 0 Å². The highest BCUT2D eigenvalue weighted by Gasteiger charge is 2.27. The van der Waals surface area contributed by atoms with Gasteiger partial charge in [0.1, 0.15) is 0 Å². The molecule has 1 aliphatic carbocycles. The smallest absolute Gasteiger partial charge is 0.0108 e. The Labute approximate surface area is 95.2 Å². The Morgan fingerprint density at radius 1 is 1.13 bits per heavy atom. The molecule has 0 aromatic heterocycles. The highest BCUT2D eigenvalue weighted by molar-refractivity contribution is 4.82. The van der Waals surface area contributed by atoms with E-state index in [4.69, 9.17) is 5.73 Å². The molecule has 3 atom stereocenters. The normalized spacial score (nSPS) is 32.2. The van der Waals surface area contributed by atoms with Crippen molar-refractivity contribution in [2.24, 2.45) is 17.6 Å². The monoisotopic (exact) mass is 212 g/mol. The number of rotatable bonds is 5. The van der Waals surface area contributed by atoms with Crippen molar-refractivity contribution in [1.29, 1.82) is 0 Å². The van der Waals surface area contributed by atoms with Gasteiger partial charge in [-0.15, -0.1) is 0 Å². The highest BCUT2D eigenvalue weighted by atomic mass is 15.2. The van der Waals surface area contributed by atoms with E-state index in [0.717, 1.165) is 31.0 Å². The molecule has 90 valence electrons.